The molecular weight excluding hydrogens is 254 g/mol. The van der Waals surface area contributed by atoms with Gasteiger partial charge in [-0.15, -0.1) is 0 Å². The molecule has 0 aliphatic rings. The van der Waals surface area contributed by atoms with Gasteiger partial charge in [-0.05, 0) is 31.2 Å². The molecule has 1 aromatic carbocycles. The Morgan fingerprint density at radius 3 is 3.06 bits per heavy atom. The van der Waals surface area contributed by atoms with Crippen LogP contribution in [0.25, 0.3) is 5.69 Å². The molecule has 0 fully saturated rings. The van der Waals surface area contributed by atoms with Crippen LogP contribution in [0, 0.1) is 0 Å². The Bertz CT molecular complexity index is 540. The summed E-state index contributed by atoms with van der Waals surface area (Å²) in [7, 11) is 0. The highest BCUT2D eigenvalue weighted by molar-refractivity contribution is 6.31. The van der Waals surface area contributed by atoms with E-state index in [0.717, 1.165) is 5.69 Å². The van der Waals surface area contributed by atoms with Gasteiger partial charge in [-0.25, -0.2) is 9.48 Å². The zero-order valence-electron chi connectivity index (χ0n) is 9.76. The van der Waals surface area contributed by atoms with Crippen LogP contribution < -0.4 is 5.32 Å². The van der Waals surface area contributed by atoms with E-state index < -0.39 is 6.09 Å². The second kappa shape index (κ2) is 5.55. The molecule has 1 heterocycles. The van der Waals surface area contributed by atoms with Gasteiger partial charge in [0.2, 0.25) is 0 Å². The van der Waals surface area contributed by atoms with Gasteiger partial charge in [0.25, 0.3) is 0 Å². The summed E-state index contributed by atoms with van der Waals surface area (Å²) in [5, 5.41) is 7.27. The monoisotopic (exact) mass is 265 g/mol. The van der Waals surface area contributed by atoms with Crippen LogP contribution in [0.5, 0.6) is 0 Å². The Hall–Kier alpha value is -2.01. The number of aromatic nitrogens is 2. The lowest BCUT2D eigenvalue weighted by atomic mass is 10.2. The quantitative estimate of drug-likeness (QED) is 0.928. The fourth-order valence-electron chi connectivity index (χ4n) is 1.50. The number of benzene rings is 1. The molecule has 1 amide bonds. The van der Waals surface area contributed by atoms with Gasteiger partial charge >= 0.3 is 6.09 Å². The van der Waals surface area contributed by atoms with Crippen molar-refractivity contribution in [1.82, 2.24) is 9.78 Å². The molecule has 0 aliphatic heterocycles. The van der Waals surface area contributed by atoms with Crippen molar-refractivity contribution in [2.45, 2.75) is 6.92 Å². The number of hydrogen-bond acceptors (Lipinski definition) is 3. The van der Waals surface area contributed by atoms with E-state index in [1.165, 1.54) is 0 Å². The zero-order chi connectivity index (χ0) is 13.0. The van der Waals surface area contributed by atoms with Gasteiger partial charge in [-0.3, -0.25) is 5.32 Å². The van der Waals surface area contributed by atoms with Gasteiger partial charge in [0, 0.05) is 17.4 Å². The van der Waals surface area contributed by atoms with Crippen molar-refractivity contribution in [2.24, 2.45) is 0 Å². The maximum absolute atomic E-state index is 11.4. The van der Waals surface area contributed by atoms with Crippen LogP contribution in [0.3, 0.4) is 0 Å². The maximum atomic E-state index is 11.4. The molecule has 0 aliphatic carbocycles. The van der Waals surface area contributed by atoms with Gasteiger partial charge < -0.3 is 4.74 Å². The molecule has 2 rings (SSSR count). The molecule has 0 bridgehead atoms. The fourth-order valence-corrected chi connectivity index (χ4v) is 1.67. The lowest BCUT2D eigenvalue weighted by molar-refractivity contribution is 0.168. The number of rotatable bonds is 3. The first-order chi connectivity index (χ1) is 8.70. The molecule has 18 heavy (non-hydrogen) atoms. The number of carbonyl (C=O) groups is 1. The second-order valence-electron chi connectivity index (χ2n) is 3.46. The van der Waals surface area contributed by atoms with Crippen molar-refractivity contribution in [3.63, 3.8) is 0 Å². The van der Waals surface area contributed by atoms with Gasteiger partial charge in [0.1, 0.15) is 0 Å². The third kappa shape index (κ3) is 2.81. The van der Waals surface area contributed by atoms with Crippen LogP contribution in [0.4, 0.5) is 10.5 Å². The SMILES string of the molecule is CCOC(=O)Nc1cc(Cl)ccc1-n1cccn1. The minimum atomic E-state index is -0.520. The van der Waals surface area contributed by atoms with Crippen LogP contribution in [-0.4, -0.2) is 22.5 Å². The van der Waals surface area contributed by atoms with Crippen LogP contribution in [0.2, 0.25) is 5.02 Å². The standard InChI is InChI=1S/C12H12ClN3O2/c1-2-18-12(17)15-10-8-9(13)4-5-11(10)16-7-3-6-14-16/h3-8H,2H2,1H3,(H,15,17). The highest BCUT2D eigenvalue weighted by Crippen LogP contribution is 2.24. The van der Waals surface area contributed by atoms with E-state index in [1.54, 1.807) is 48.3 Å². The van der Waals surface area contributed by atoms with Crippen LogP contribution >= 0.6 is 11.6 Å². The molecular formula is C12H12ClN3O2. The van der Waals surface area contributed by atoms with Gasteiger partial charge in [0.15, 0.2) is 0 Å². The molecule has 0 spiro atoms. The van der Waals surface area contributed by atoms with Crippen LogP contribution in [0.1, 0.15) is 6.92 Å². The Morgan fingerprint density at radius 1 is 1.56 bits per heavy atom. The molecule has 0 saturated heterocycles. The van der Waals surface area contributed by atoms with E-state index in [2.05, 4.69) is 10.4 Å². The van der Waals surface area contributed by atoms with Crippen molar-refractivity contribution in [1.29, 1.82) is 0 Å². The molecule has 0 radical (unpaired) electrons. The summed E-state index contributed by atoms with van der Waals surface area (Å²) in [6.07, 6.45) is 2.91. The molecule has 0 atom stereocenters. The van der Waals surface area contributed by atoms with Gasteiger partial charge in [0.05, 0.1) is 18.0 Å². The van der Waals surface area contributed by atoms with Crippen LogP contribution in [-0.2, 0) is 4.74 Å². The van der Waals surface area contributed by atoms with Crippen molar-refractivity contribution in [3.8, 4) is 5.69 Å². The number of anilines is 1. The van der Waals surface area contributed by atoms with Gasteiger partial charge in [-0.2, -0.15) is 5.10 Å². The Labute approximate surface area is 109 Å². The van der Waals surface area contributed by atoms with Crippen molar-refractivity contribution in [2.75, 3.05) is 11.9 Å². The number of carbonyl (C=O) groups excluding carboxylic acids is 1. The highest BCUT2D eigenvalue weighted by Gasteiger charge is 2.09. The summed E-state index contributed by atoms with van der Waals surface area (Å²) in [5.41, 5.74) is 1.27. The van der Waals surface area contributed by atoms with Crippen molar-refractivity contribution < 1.29 is 9.53 Å². The zero-order valence-corrected chi connectivity index (χ0v) is 10.5. The molecule has 2 aromatic rings. The van der Waals surface area contributed by atoms with E-state index in [4.69, 9.17) is 16.3 Å². The third-order valence-electron chi connectivity index (χ3n) is 2.22. The first-order valence-electron chi connectivity index (χ1n) is 5.44. The molecule has 1 N–H and O–H groups in total. The number of ether oxygens (including phenoxy) is 1. The molecule has 0 saturated carbocycles. The first-order valence-corrected chi connectivity index (χ1v) is 5.82. The van der Waals surface area contributed by atoms with E-state index in [9.17, 15) is 4.79 Å². The first kappa shape index (κ1) is 12.4. The summed E-state index contributed by atoms with van der Waals surface area (Å²) in [6, 6.07) is 6.95. The predicted octanol–water partition coefficient (Wildman–Crippen LogP) is 3.09. The average molecular weight is 266 g/mol. The van der Waals surface area contributed by atoms with Crippen molar-refractivity contribution >= 4 is 23.4 Å². The van der Waals surface area contributed by atoms with Gasteiger partial charge in [-0.1, -0.05) is 11.6 Å². The average Bonchev–Trinajstić information content (AvgIpc) is 2.83. The summed E-state index contributed by atoms with van der Waals surface area (Å²) < 4.78 is 6.47. The Balaban J connectivity index is 2.32. The predicted molar refractivity (Wildman–Crippen MR) is 69.2 cm³/mol. The third-order valence-corrected chi connectivity index (χ3v) is 2.46. The lowest BCUT2D eigenvalue weighted by Crippen LogP contribution is -2.15. The summed E-state index contributed by atoms with van der Waals surface area (Å²) in [6.45, 7) is 2.05. The maximum Gasteiger partial charge on any atom is 0.411 e. The normalized spacial score (nSPS) is 10.1. The lowest BCUT2D eigenvalue weighted by Gasteiger charge is -2.11. The molecule has 0 unspecified atom stereocenters. The number of nitrogens with zero attached hydrogens (tertiary/aromatic N) is 2. The molecule has 6 heteroatoms. The van der Waals surface area contributed by atoms with E-state index in [-0.39, 0.29) is 0 Å². The largest absolute Gasteiger partial charge is 0.450 e. The Morgan fingerprint density at radius 2 is 2.39 bits per heavy atom. The summed E-state index contributed by atoms with van der Waals surface area (Å²) in [4.78, 5) is 11.4. The van der Waals surface area contributed by atoms with E-state index >= 15 is 0 Å². The summed E-state index contributed by atoms with van der Waals surface area (Å²) in [5.74, 6) is 0. The Kier molecular flexibility index (Phi) is 3.84. The summed E-state index contributed by atoms with van der Waals surface area (Å²) >= 11 is 5.92. The second-order valence-corrected chi connectivity index (χ2v) is 3.89. The molecule has 1 aromatic heterocycles. The fraction of sp³-hybridized carbons (Fsp3) is 0.167. The smallest absolute Gasteiger partial charge is 0.411 e. The minimum absolute atomic E-state index is 0.309. The number of hydrogen-bond donors (Lipinski definition) is 1. The van der Waals surface area contributed by atoms with Crippen LogP contribution in [0.15, 0.2) is 36.7 Å². The molecule has 5 nitrogen and oxygen atoms in total. The molecule has 94 valence electrons. The number of halogens is 1. The topological polar surface area (TPSA) is 56.1 Å². The van der Waals surface area contributed by atoms with Crippen molar-refractivity contribution in [3.05, 3.63) is 41.7 Å². The van der Waals surface area contributed by atoms with E-state index in [0.29, 0.717) is 17.3 Å². The number of amides is 1. The highest BCUT2D eigenvalue weighted by atomic mass is 35.5. The minimum Gasteiger partial charge on any atom is -0.450 e. The van der Waals surface area contributed by atoms with E-state index in [1.807, 2.05) is 0 Å². The number of nitrogens with one attached hydrogen (secondary N) is 1.